The van der Waals surface area contributed by atoms with Crippen molar-refractivity contribution in [2.45, 2.75) is 13.0 Å². The number of amides is 2. The van der Waals surface area contributed by atoms with Crippen LogP contribution in [0.15, 0.2) is 42.5 Å². The number of hydrogen-bond acceptors (Lipinski definition) is 2. The van der Waals surface area contributed by atoms with E-state index in [-0.39, 0.29) is 6.03 Å². The van der Waals surface area contributed by atoms with E-state index in [1.165, 1.54) is 0 Å². The molecule has 0 fully saturated rings. The van der Waals surface area contributed by atoms with Gasteiger partial charge in [-0.05, 0) is 41.8 Å². The average Bonchev–Trinajstić information content (AvgIpc) is 2.54. The van der Waals surface area contributed by atoms with Crippen LogP contribution in [0.2, 0.25) is 5.02 Å². The third-order valence-corrected chi connectivity index (χ3v) is 4.03. The summed E-state index contributed by atoms with van der Waals surface area (Å²) in [4.78, 5) is 13.9. The van der Waals surface area contributed by atoms with Crippen LogP contribution in [0.1, 0.15) is 11.1 Å². The van der Waals surface area contributed by atoms with Crippen LogP contribution in [0.4, 0.5) is 10.5 Å². The Morgan fingerprint density at radius 1 is 1.23 bits per heavy atom. The maximum Gasteiger partial charge on any atom is 0.322 e. The number of ether oxygens (including phenoxy) is 1. The second-order valence-electron chi connectivity index (χ2n) is 5.18. The molecule has 0 bridgehead atoms. The fourth-order valence-electron chi connectivity index (χ4n) is 2.57. The van der Waals surface area contributed by atoms with Gasteiger partial charge in [0.1, 0.15) is 5.75 Å². The lowest BCUT2D eigenvalue weighted by Gasteiger charge is -2.30. The Bertz CT molecular complexity index is 686. The first-order chi connectivity index (χ1) is 10.7. The van der Waals surface area contributed by atoms with E-state index in [9.17, 15) is 4.79 Å². The molecular weight excluding hydrogens is 300 g/mol. The number of hydrogen-bond donors (Lipinski definition) is 1. The standard InChI is InChI=1S/C17H17ClN2O2/c1-22-15-6-2-12(3-7-15)8-9-20-16-10-14(18)5-4-13(16)11-19-17(20)21/h2-7,10H,8-9,11H2,1H3,(H,19,21). The van der Waals surface area contributed by atoms with Crippen LogP contribution < -0.4 is 15.0 Å². The molecule has 5 heteroatoms. The summed E-state index contributed by atoms with van der Waals surface area (Å²) in [6.07, 6.45) is 0.767. The number of anilines is 1. The van der Waals surface area contributed by atoms with Gasteiger partial charge in [-0.15, -0.1) is 0 Å². The maximum absolute atomic E-state index is 12.1. The van der Waals surface area contributed by atoms with Crippen LogP contribution in [0.3, 0.4) is 0 Å². The fraction of sp³-hybridized carbons (Fsp3) is 0.235. The lowest BCUT2D eigenvalue weighted by atomic mass is 10.1. The van der Waals surface area contributed by atoms with Crippen molar-refractivity contribution in [1.82, 2.24) is 5.32 Å². The van der Waals surface area contributed by atoms with Crippen molar-refractivity contribution >= 4 is 23.3 Å². The van der Waals surface area contributed by atoms with Crippen LogP contribution in [-0.4, -0.2) is 19.7 Å². The van der Waals surface area contributed by atoms with Crippen molar-refractivity contribution in [2.24, 2.45) is 0 Å². The monoisotopic (exact) mass is 316 g/mol. The first kappa shape index (κ1) is 14.7. The van der Waals surface area contributed by atoms with Gasteiger partial charge in [-0.1, -0.05) is 29.8 Å². The lowest BCUT2D eigenvalue weighted by Crippen LogP contribution is -2.45. The predicted molar refractivity (Wildman–Crippen MR) is 87.7 cm³/mol. The van der Waals surface area contributed by atoms with Crippen molar-refractivity contribution in [3.05, 3.63) is 58.6 Å². The molecule has 1 aliphatic heterocycles. The number of carbonyl (C=O) groups is 1. The molecule has 0 unspecified atom stereocenters. The number of benzene rings is 2. The van der Waals surface area contributed by atoms with Gasteiger partial charge in [-0.2, -0.15) is 0 Å². The van der Waals surface area contributed by atoms with Crippen LogP contribution in [0, 0.1) is 0 Å². The Kier molecular flexibility index (Phi) is 4.20. The van der Waals surface area contributed by atoms with E-state index in [2.05, 4.69) is 5.32 Å². The van der Waals surface area contributed by atoms with E-state index in [0.29, 0.717) is 18.1 Å². The molecule has 22 heavy (non-hydrogen) atoms. The number of fused-ring (bicyclic) bond motifs is 1. The molecule has 0 saturated heterocycles. The first-order valence-corrected chi connectivity index (χ1v) is 7.52. The van der Waals surface area contributed by atoms with Gasteiger partial charge in [-0.25, -0.2) is 4.79 Å². The van der Waals surface area contributed by atoms with Gasteiger partial charge in [0, 0.05) is 18.1 Å². The number of nitrogens with zero attached hydrogens (tertiary/aromatic N) is 1. The molecule has 0 radical (unpaired) electrons. The minimum absolute atomic E-state index is 0.0803. The number of methoxy groups -OCH3 is 1. The number of urea groups is 1. The molecule has 1 heterocycles. The van der Waals surface area contributed by atoms with E-state index in [0.717, 1.165) is 29.0 Å². The van der Waals surface area contributed by atoms with Gasteiger partial charge in [0.2, 0.25) is 0 Å². The molecule has 4 nitrogen and oxygen atoms in total. The highest BCUT2D eigenvalue weighted by Gasteiger charge is 2.23. The van der Waals surface area contributed by atoms with Crippen molar-refractivity contribution in [3.63, 3.8) is 0 Å². The Morgan fingerprint density at radius 3 is 2.73 bits per heavy atom. The van der Waals surface area contributed by atoms with Gasteiger partial charge < -0.3 is 10.1 Å². The second-order valence-corrected chi connectivity index (χ2v) is 5.62. The Labute approximate surface area is 134 Å². The number of carbonyl (C=O) groups excluding carboxylic acids is 1. The highest BCUT2D eigenvalue weighted by Crippen LogP contribution is 2.28. The van der Waals surface area contributed by atoms with Gasteiger partial charge in [0.15, 0.2) is 0 Å². The van der Waals surface area contributed by atoms with Crippen LogP contribution in [0.25, 0.3) is 0 Å². The maximum atomic E-state index is 12.1. The molecule has 0 aliphatic carbocycles. The summed E-state index contributed by atoms with van der Waals surface area (Å²) < 4.78 is 5.15. The quantitative estimate of drug-likeness (QED) is 0.936. The minimum atomic E-state index is -0.0803. The van der Waals surface area contributed by atoms with E-state index in [1.807, 2.05) is 42.5 Å². The molecule has 3 rings (SSSR count). The van der Waals surface area contributed by atoms with Crippen LogP contribution in [0.5, 0.6) is 5.75 Å². The third-order valence-electron chi connectivity index (χ3n) is 3.80. The largest absolute Gasteiger partial charge is 0.497 e. The Hall–Kier alpha value is -2.20. The van der Waals surface area contributed by atoms with Gasteiger partial charge in [-0.3, -0.25) is 4.90 Å². The molecule has 2 amide bonds. The lowest BCUT2D eigenvalue weighted by molar-refractivity contribution is 0.244. The topological polar surface area (TPSA) is 41.6 Å². The Morgan fingerprint density at radius 2 is 2.00 bits per heavy atom. The summed E-state index contributed by atoms with van der Waals surface area (Å²) in [6.45, 7) is 1.15. The van der Waals surface area contributed by atoms with Crippen molar-refractivity contribution in [2.75, 3.05) is 18.6 Å². The summed E-state index contributed by atoms with van der Waals surface area (Å²) in [7, 11) is 1.65. The molecule has 1 N–H and O–H groups in total. The third kappa shape index (κ3) is 3.02. The van der Waals surface area contributed by atoms with Crippen molar-refractivity contribution in [3.8, 4) is 5.75 Å². The zero-order valence-corrected chi connectivity index (χ0v) is 13.1. The molecule has 0 aromatic heterocycles. The highest BCUT2D eigenvalue weighted by atomic mass is 35.5. The van der Waals surface area contributed by atoms with Gasteiger partial charge in [0.05, 0.1) is 12.8 Å². The normalized spacial score (nSPS) is 13.5. The van der Waals surface area contributed by atoms with Crippen LogP contribution >= 0.6 is 11.6 Å². The van der Waals surface area contributed by atoms with E-state index in [1.54, 1.807) is 12.0 Å². The van der Waals surface area contributed by atoms with E-state index in [4.69, 9.17) is 16.3 Å². The molecule has 2 aromatic rings. The van der Waals surface area contributed by atoms with Gasteiger partial charge >= 0.3 is 6.03 Å². The number of halogens is 1. The molecule has 114 valence electrons. The van der Waals surface area contributed by atoms with E-state index >= 15 is 0 Å². The summed E-state index contributed by atoms with van der Waals surface area (Å²) in [6, 6.07) is 13.5. The van der Waals surface area contributed by atoms with Crippen molar-refractivity contribution < 1.29 is 9.53 Å². The molecule has 2 aromatic carbocycles. The summed E-state index contributed by atoms with van der Waals surface area (Å²) in [5, 5.41) is 3.53. The van der Waals surface area contributed by atoms with E-state index < -0.39 is 0 Å². The average molecular weight is 317 g/mol. The van der Waals surface area contributed by atoms with Gasteiger partial charge in [0.25, 0.3) is 0 Å². The molecule has 1 aliphatic rings. The molecule has 0 saturated carbocycles. The first-order valence-electron chi connectivity index (χ1n) is 7.14. The summed E-state index contributed by atoms with van der Waals surface area (Å²) >= 11 is 6.07. The van der Waals surface area contributed by atoms with Crippen LogP contribution in [-0.2, 0) is 13.0 Å². The number of nitrogens with one attached hydrogen (secondary N) is 1. The predicted octanol–water partition coefficient (Wildman–Crippen LogP) is 3.62. The summed E-state index contributed by atoms with van der Waals surface area (Å²) in [5.41, 5.74) is 3.13. The molecule has 0 atom stereocenters. The zero-order valence-electron chi connectivity index (χ0n) is 12.3. The highest BCUT2D eigenvalue weighted by molar-refractivity contribution is 6.31. The molecular formula is C17H17ClN2O2. The smallest absolute Gasteiger partial charge is 0.322 e. The number of rotatable bonds is 4. The van der Waals surface area contributed by atoms with Crippen molar-refractivity contribution in [1.29, 1.82) is 0 Å². The fourth-order valence-corrected chi connectivity index (χ4v) is 2.73. The minimum Gasteiger partial charge on any atom is -0.497 e. The Balaban J connectivity index is 1.76. The zero-order chi connectivity index (χ0) is 15.5. The summed E-state index contributed by atoms with van der Waals surface area (Å²) in [5.74, 6) is 0.830. The SMILES string of the molecule is COc1ccc(CCN2C(=O)NCc3ccc(Cl)cc32)cc1. The second kappa shape index (κ2) is 6.28. The molecule has 0 spiro atoms.